The highest BCUT2D eigenvalue weighted by atomic mass is 31.2. The minimum absolute atomic E-state index is 0.0766. The first-order chi connectivity index (χ1) is 18.3. The van der Waals surface area contributed by atoms with Gasteiger partial charge in [-0.05, 0) is 0 Å². The zero-order valence-electron chi connectivity index (χ0n) is 19.7. The smallest absolute Gasteiger partial charge is 0.469 e. The fourth-order valence-electron chi connectivity index (χ4n) is 3.08. The maximum absolute atomic E-state index is 10.7. The van der Waals surface area contributed by atoms with Gasteiger partial charge in [-0.15, -0.1) is 0 Å². The van der Waals surface area contributed by atoms with E-state index in [1.807, 2.05) is 0 Å². The molecule has 0 aliphatic carbocycles. The molecule has 5 rings (SSSR count). The van der Waals surface area contributed by atoms with Crippen molar-refractivity contribution in [3.05, 3.63) is 25.3 Å². The number of carboxylic acids is 1. The van der Waals surface area contributed by atoms with Gasteiger partial charge in [0.2, 0.25) is 11.7 Å². The molecule has 5 heterocycles. The Morgan fingerprint density at radius 3 is 2.41 bits per heavy atom. The largest absolute Gasteiger partial charge is 0.492 e. The molecular formula is C18H22N9O11P. The third-order valence-electron chi connectivity index (χ3n) is 4.91. The molecule has 1 fully saturated rings. The van der Waals surface area contributed by atoms with Gasteiger partial charge in [0.25, 0.3) is 0 Å². The molecule has 1 aliphatic heterocycles. The van der Waals surface area contributed by atoms with Gasteiger partial charge in [0, 0.05) is 6.92 Å². The Hall–Kier alpha value is -4.17. The van der Waals surface area contributed by atoms with Gasteiger partial charge in [-0.25, -0.2) is 34.3 Å². The van der Waals surface area contributed by atoms with Crippen LogP contribution in [0.15, 0.2) is 25.3 Å². The zero-order valence-corrected chi connectivity index (χ0v) is 20.6. The average molecular weight is 571 g/mol. The number of H-pyrrole nitrogens is 1. The number of nitrogens with one attached hydrogen (secondary N) is 1. The quantitative estimate of drug-likeness (QED) is 0.0935. The highest BCUT2D eigenvalue weighted by molar-refractivity contribution is 7.46. The van der Waals surface area contributed by atoms with Crippen molar-refractivity contribution in [3.63, 3.8) is 0 Å². The number of hydrogen-bond acceptors (Lipinski definition) is 15. The number of imidazole rings is 2. The normalized spacial score (nSPS) is 20.6. The average Bonchev–Trinajstić information content (AvgIpc) is 3.58. The van der Waals surface area contributed by atoms with Gasteiger partial charge in [0.05, 0.1) is 19.3 Å². The summed E-state index contributed by atoms with van der Waals surface area (Å²) in [5.74, 6) is -2.13. The molecule has 0 saturated carbocycles. The van der Waals surface area contributed by atoms with E-state index < -0.39 is 50.7 Å². The number of phosphoric acid groups is 1. The van der Waals surface area contributed by atoms with E-state index in [4.69, 9.17) is 25.4 Å². The molecule has 210 valence electrons. The van der Waals surface area contributed by atoms with Crippen molar-refractivity contribution in [2.75, 3.05) is 12.3 Å². The van der Waals surface area contributed by atoms with E-state index in [0.717, 1.165) is 13.3 Å². The van der Waals surface area contributed by atoms with Gasteiger partial charge < -0.3 is 45.7 Å². The zero-order chi connectivity index (χ0) is 28.9. The molecule has 0 radical (unpaired) electrons. The monoisotopic (exact) mass is 571 g/mol. The number of nitrogens with two attached hydrogens (primary N) is 1. The van der Waals surface area contributed by atoms with E-state index in [2.05, 4.69) is 39.4 Å². The van der Waals surface area contributed by atoms with Crippen LogP contribution in [-0.4, -0.2) is 106 Å². The first-order valence-electron chi connectivity index (χ1n) is 10.5. The lowest BCUT2D eigenvalue weighted by Gasteiger charge is -2.16. The molecule has 9 N–H and O–H groups in total. The summed E-state index contributed by atoms with van der Waals surface area (Å²) in [5.41, 5.74) is 7.01. The number of ether oxygens (including phenoxy) is 1. The molecule has 0 spiro atoms. The minimum atomic E-state index is -4.74. The van der Waals surface area contributed by atoms with Crippen LogP contribution in [0.2, 0.25) is 0 Å². The molecule has 4 aromatic rings. The molecular weight excluding hydrogens is 549 g/mol. The number of aliphatic carboxylic acids is 1. The van der Waals surface area contributed by atoms with Crippen LogP contribution in [-0.2, 0) is 23.4 Å². The fourth-order valence-corrected chi connectivity index (χ4v) is 3.42. The molecule has 0 amide bonds. The van der Waals surface area contributed by atoms with Crippen molar-refractivity contribution in [2.24, 2.45) is 0 Å². The number of anilines is 1. The Balaban J connectivity index is 0.000000215. The van der Waals surface area contributed by atoms with Crippen molar-refractivity contribution in [1.29, 1.82) is 0 Å². The molecule has 20 nitrogen and oxygen atoms in total. The molecule has 1 aliphatic rings. The number of rotatable bonds is 5. The van der Waals surface area contributed by atoms with Crippen LogP contribution in [0.25, 0.3) is 22.3 Å². The Kier molecular flexibility index (Phi) is 9.14. The number of hydrogen-bond donors (Lipinski definition) is 8. The first-order valence-corrected chi connectivity index (χ1v) is 12.0. The lowest BCUT2D eigenvalue weighted by molar-refractivity contribution is -0.148. The van der Waals surface area contributed by atoms with Crippen LogP contribution in [0.4, 0.5) is 5.82 Å². The van der Waals surface area contributed by atoms with Gasteiger partial charge in [0.1, 0.15) is 36.5 Å². The van der Waals surface area contributed by atoms with Crippen molar-refractivity contribution in [3.8, 4) is 5.88 Å². The topological polar surface area (TPSA) is 315 Å². The summed E-state index contributed by atoms with van der Waals surface area (Å²) in [4.78, 5) is 62.0. The molecule has 4 aromatic heterocycles. The number of aliphatic hydroxyl groups is 2. The minimum Gasteiger partial charge on any atom is -0.492 e. The van der Waals surface area contributed by atoms with Crippen molar-refractivity contribution in [2.45, 2.75) is 31.5 Å². The van der Waals surface area contributed by atoms with Crippen LogP contribution in [0.1, 0.15) is 13.2 Å². The number of aromatic nitrogens is 8. The fraction of sp³-hybridized carbons (Fsp3) is 0.333. The second-order valence-electron chi connectivity index (χ2n) is 7.58. The lowest BCUT2D eigenvalue weighted by atomic mass is 10.1. The van der Waals surface area contributed by atoms with Crippen LogP contribution < -0.4 is 5.73 Å². The predicted octanol–water partition coefficient (Wildman–Crippen LogP) is -2.14. The highest BCUT2D eigenvalue weighted by Crippen LogP contribution is 2.38. The van der Waals surface area contributed by atoms with Gasteiger partial charge in [-0.2, -0.15) is 4.98 Å². The third kappa shape index (κ3) is 7.23. The van der Waals surface area contributed by atoms with Crippen LogP contribution >= 0.6 is 7.82 Å². The molecule has 0 bridgehead atoms. The Morgan fingerprint density at radius 2 is 1.79 bits per heavy atom. The summed E-state index contributed by atoms with van der Waals surface area (Å²) in [6.45, 7) is 0.383. The van der Waals surface area contributed by atoms with Crippen LogP contribution in [0.5, 0.6) is 5.88 Å². The number of nitrogens with zero attached hydrogens (tertiary/aromatic N) is 7. The van der Waals surface area contributed by atoms with Gasteiger partial charge in [-0.1, -0.05) is 0 Å². The number of nitrogen functional groups attached to an aromatic ring is 1. The maximum Gasteiger partial charge on any atom is 0.469 e. The van der Waals surface area contributed by atoms with Crippen LogP contribution in [0.3, 0.4) is 0 Å². The highest BCUT2D eigenvalue weighted by Gasteiger charge is 2.45. The van der Waals surface area contributed by atoms with Crippen LogP contribution in [0, 0.1) is 0 Å². The van der Waals surface area contributed by atoms with Gasteiger partial charge in [-0.3, -0.25) is 13.9 Å². The standard InChI is InChI=1S/C10H13N4O8P.C5H5N5.C3H4O3/c15-6-4(1-21-23(18,19)20)22-10(7(6)16)14-3-13-5-8(14)11-2-12-9(5)17;6-4-3-5(9-1-7-3)10-2-8-4;1-2(4)3(5)6/h2-4,6-7,10,15-16H,1H2,(H,11,12,17)(H2,18,19,20);1-2H,(H3,6,7,8,9,10);1H3,(H,5,6)/t4-,6-,7-,10-;;/m1../s1. The van der Waals surface area contributed by atoms with Gasteiger partial charge in [0.15, 0.2) is 28.9 Å². The number of ketones is 1. The van der Waals surface area contributed by atoms with E-state index in [0.29, 0.717) is 17.0 Å². The molecule has 4 atom stereocenters. The Morgan fingerprint density at radius 1 is 1.13 bits per heavy atom. The number of Topliss-reactive ketones (excluding diaryl/α,β-unsaturated/α-hetero) is 1. The summed E-state index contributed by atoms with van der Waals surface area (Å²) in [6, 6.07) is 0. The summed E-state index contributed by atoms with van der Waals surface area (Å²) >= 11 is 0. The number of aromatic amines is 1. The number of aromatic hydroxyl groups is 1. The molecule has 0 unspecified atom stereocenters. The second-order valence-corrected chi connectivity index (χ2v) is 8.81. The molecule has 1 saturated heterocycles. The van der Waals surface area contributed by atoms with Crippen molar-refractivity contribution >= 4 is 47.7 Å². The molecule has 0 aromatic carbocycles. The summed E-state index contributed by atoms with van der Waals surface area (Å²) in [7, 11) is -4.74. The number of aliphatic hydroxyl groups excluding tert-OH is 2. The van der Waals surface area contributed by atoms with Crippen molar-refractivity contribution in [1.82, 2.24) is 39.5 Å². The van der Waals surface area contributed by atoms with Crippen molar-refractivity contribution < 1.29 is 53.6 Å². The Bertz CT molecular complexity index is 1490. The number of carbonyl (C=O) groups is 2. The van der Waals surface area contributed by atoms with E-state index >= 15 is 0 Å². The summed E-state index contributed by atoms with van der Waals surface area (Å²) in [6.07, 6.45) is 0.0711. The lowest BCUT2D eigenvalue weighted by Crippen LogP contribution is -2.33. The third-order valence-corrected chi connectivity index (χ3v) is 5.40. The number of fused-ring (bicyclic) bond motifs is 2. The molecule has 39 heavy (non-hydrogen) atoms. The van der Waals surface area contributed by atoms with Gasteiger partial charge >= 0.3 is 13.8 Å². The summed E-state index contributed by atoms with van der Waals surface area (Å²) in [5, 5.41) is 37.2. The van der Waals surface area contributed by atoms with E-state index in [1.165, 1.54) is 23.5 Å². The first kappa shape index (κ1) is 29.4. The van der Waals surface area contributed by atoms with E-state index in [-0.39, 0.29) is 17.0 Å². The van der Waals surface area contributed by atoms with E-state index in [1.54, 1.807) is 0 Å². The number of carboxylic acid groups (broad SMARTS) is 1. The SMILES string of the molecule is CC(=O)C(=O)O.Nc1ncnc2nc[nH]c12.O=P(O)(O)OC[C@H]1O[C@@H](n2cnc3c(O)ncnc32)[C@H](O)[C@@H]1O. The summed E-state index contributed by atoms with van der Waals surface area (Å²) < 4.78 is 21.6. The second kappa shape index (κ2) is 12.1. The molecule has 21 heteroatoms. The Labute approximate surface area is 216 Å². The number of carbonyl (C=O) groups excluding carboxylic acids is 1. The number of phosphoric ester groups is 1. The van der Waals surface area contributed by atoms with E-state index in [9.17, 15) is 29.5 Å². The maximum atomic E-state index is 10.7. The predicted molar refractivity (Wildman–Crippen MR) is 125 cm³/mol.